The SMILES string of the molecule is CNC(=O)Nc1ccc(-c2nc(N3CCOC(O)C3)c3cnn(C4CCN(Cc5cccnc5)CC4)c3n2)cc1. The van der Waals surface area contributed by atoms with Crippen molar-refractivity contribution in [1.29, 1.82) is 0 Å². The molecule has 0 spiro atoms. The van der Waals surface area contributed by atoms with Crippen molar-refractivity contribution in [2.75, 3.05) is 50.1 Å². The van der Waals surface area contributed by atoms with Crippen molar-refractivity contribution in [2.24, 2.45) is 0 Å². The molecule has 0 saturated carbocycles. The minimum Gasteiger partial charge on any atom is -0.366 e. The summed E-state index contributed by atoms with van der Waals surface area (Å²) in [4.78, 5) is 30.4. The van der Waals surface area contributed by atoms with Gasteiger partial charge in [0.2, 0.25) is 0 Å². The molecule has 40 heavy (non-hydrogen) atoms. The lowest BCUT2D eigenvalue weighted by Gasteiger charge is -2.32. The summed E-state index contributed by atoms with van der Waals surface area (Å²) in [6.07, 6.45) is 6.61. The molecule has 0 aliphatic carbocycles. The van der Waals surface area contributed by atoms with E-state index in [2.05, 4.69) is 26.6 Å². The highest BCUT2D eigenvalue weighted by atomic mass is 16.6. The molecule has 2 aliphatic rings. The lowest BCUT2D eigenvalue weighted by Crippen LogP contribution is -2.43. The Labute approximate surface area is 232 Å². The number of β-amino-alcohol motifs (C(OH)–C–C–N with tert-alkyl or cyclic N) is 1. The standard InChI is InChI=1S/C28H33N9O3/c1-29-28(39)32-21-6-4-20(5-7-21)25-33-26(36-13-14-40-24(38)18-36)23-16-31-37(27(23)34-25)22-8-11-35(12-9-22)17-19-3-2-10-30-15-19/h2-7,10,15-16,22,24,38H,8-9,11-14,17-18H2,1H3,(H2,29,32,39). The number of nitrogens with one attached hydrogen (secondary N) is 2. The molecule has 3 aromatic heterocycles. The number of amides is 2. The van der Waals surface area contributed by atoms with Crippen LogP contribution in [0.3, 0.4) is 0 Å². The number of piperidine rings is 1. The van der Waals surface area contributed by atoms with Gasteiger partial charge in [-0.15, -0.1) is 0 Å². The molecule has 2 amide bonds. The summed E-state index contributed by atoms with van der Waals surface area (Å²) in [5.41, 5.74) is 3.48. The highest BCUT2D eigenvalue weighted by Gasteiger charge is 2.27. The Hall–Kier alpha value is -4.13. The van der Waals surface area contributed by atoms with Crippen molar-refractivity contribution in [2.45, 2.75) is 31.7 Å². The van der Waals surface area contributed by atoms with Gasteiger partial charge in [0.15, 0.2) is 17.8 Å². The summed E-state index contributed by atoms with van der Waals surface area (Å²) in [7, 11) is 1.57. The molecule has 12 heteroatoms. The third-order valence-corrected chi connectivity index (χ3v) is 7.44. The van der Waals surface area contributed by atoms with E-state index in [1.807, 2.05) is 52.3 Å². The average molecular weight is 544 g/mol. The number of fused-ring (bicyclic) bond motifs is 1. The molecule has 1 atom stereocenters. The summed E-state index contributed by atoms with van der Waals surface area (Å²) < 4.78 is 7.41. The van der Waals surface area contributed by atoms with Gasteiger partial charge in [-0.25, -0.2) is 19.4 Å². The third kappa shape index (κ3) is 5.60. The minimum absolute atomic E-state index is 0.215. The molecule has 0 bridgehead atoms. The molecule has 208 valence electrons. The first-order valence-corrected chi connectivity index (χ1v) is 13.6. The number of nitrogens with zero attached hydrogens (tertiary/aromatic N) is 7. The van der Waals surface area contributed by atoms with Crippen LogP contribution in [-0.2, 0) is 11.3 Å². The van der Waals surface area contributed by atoms with E-state index in [-0.39, 0.29) is 12.1 Å². The number of hydrogen-bond donors (Lipinski definition) is 3. The average Bonchev–Trinajstić information content (AvgIpc) is 3.42. The van der Waals surface area contributed by atoms with Gasteiger partial charge in [0.25, 0.3) is 0 Å². The molecule has 2 fully saturated rings. The zero-order valence-electron chi connectivity index (χ0n) is 22.4. The number of aromatic nitrogens is 5. The molecule has 4 aromatic rings. The van der Waals surface area contributed by atoms with Crippen LogP contribution in [0.5, 0.6) is 0 Å². The summed E-state index contributed by atoms with van der Waals surface area (Å²) in [5, 5.41) is 21.2. The molecular weight excluding hydrogens is 510 g/mol. The van der Waals surface area contributed by atoms with Crippen molar-refractivity contribution in [3.8, 4) is 11.4 Å². The van der Waals surface area contributed by atoms with Crippen molar-refractivity contribution in [3.63, 3.8) is 0 Å². The number of aliphatic hydroxyl groups is 1. The molecular formula is C28H33N9O3. The fraction of sp³-hybridized carbons (Fsp3) is 0.393. The van der Waals surface area contributed by atoms with Gasteiger partial charge in [-0.3, -0.25) is 9.88 Å². The van der Waals surface area contributed by atoms with Gasteiger partial charge >= 0.3 is 6.03 Å². The Balaban J connectivity index is 1.30. The molecule has 6 rings (SSSR count). The summed E-state index contributed by atoms with van der Waals surface area (Å²) in [6.45, 7) is 4.14. The fourth-order valence-electron chi connectivity index (χ4n) is 5.34. The van der Waals surface area contributed by atoms with Crippen LogP contribution in [-0.4, -0.2) is 86.9 Å². The van der Waals surface area contributed by atoms with Gasteiger partial charge in [-0.05, 0) is 48.7 Å². The number of rotatable bonds is 6. The maximum absolute atomic E-state index is 11.7. The maximum atomic E-state index is 11.7. The summed E-state index contributed by atoms with van der Waals surface area (Å²) >= 11 is 0. The molecule has 0 radical (unpaired) electrons. The van der Waals surface area contributed by atoms with Crippen LogP contribution in [0.1, 0.15) is 24.4 Å². The number of urea groups is 1. The fourth-order valence-corrected chi connectivity index (χ4v) is 5.34. The number of aliphatic hydroxyl groups excluding tert-OH is 1. The molecule has 2 aliphatic heterocycles. The molecule has 1 unspecified atom stereocenters. The van der Waals surface area contributed by atoms with Crippen LogP contribution >= 0.6 is 0 Å². The first kappa shape index (κ1) is 26.1. The minimum atomic E-state index is -0.878. The number of likely N-dealkylation sites (tertiary alicyclic amines) is 1. The smallest absolute Gasteiger partial charge is 0.318 e. The second-order valence-corrected chi connectivity index (χ2v) is 10.1. The van der Waals surface area contributed by atoms with Crippen LogP contribution in [0.2, 0.25) is 0 Å². The summed E-state index contributed by atoms with van der Waals surface area (Å²) in [5.74, 6) is 1.29. The van der Waals surface area contributed by atoms with Gasteiger partial charge in [-0.1, -0.05) is 6.07 Å². The van der Waals surface area contributed by atoms with Crippen molar-refractivity contribution in [3.05, 3.63) is 60.6 Å². The highest BCUT2D eigenvalue weighted by Crippen LogP contribution is 2.32. The molecule has 5 heterocycles. The van der Waals surface area contributed by atoms with Crippen molar-refractivity contribution < 1.29 is 14.6 Å². The second kappa shape index (κ2) is 11.5. The molecule has 3 N–H and O–H groups in total. The van der Waals surface area contributed by atoms with Crippen LogP contribution < -0.4 is 15.5 Å². The number of ether oxygens (including phenoxy) is 1. The van der Waals surface area contributed by atoms with E-state index in [1.165, 1.54) is 5.56 Å². The first-order chi connectivity index (χ1) is 19.6. The normalized spacial score (nSPS) is 18.6. The Bertz CT molecular complexity index is 1450. The Kier molecular flexibility index (Phi) is 7.53. The molecule has 2 saturated heterocycles. The summed E-state index contributed by atoms with van der Waals surface area (Å²) in [6, 6.07) is 11.5. The predicted molar refractivity (Wildman–Crippen MR) is 151 cm³/mol. The molecule has 1 aromatic carbocycles. The Morgan fingerprint density at radius 3 is 2.65 bits per heavy atom. The molecule has 12 nitrogen and oxygen atoms in total. The monoisotopic (exact) mass is 543 g/mol. The lowest BCUT2D eigenvalue weighted by atomic mass is 10.0. The second-order valence-electron chi connectivity index (χ2n) is 10.1. The van der Waals surface area contributed by atoms with E-state index in [0.29, 0.717) is 31.2 Å². The number of hydrogen-bond acceptors (Lipinski definition) is 9. The van der Waals surface area contributed by atoms with E-state index >= 15 is 0 Å². The topological polar surface area (TPSA) is 134 Å². The Morgan fingerprint density at radius 2 is 1.93 bits per heavy atom. The van der Waals surface area contributed by atoms with Gasteiger partial charge in [0.05, 0.1) is 30.8 Å². The van der Waals surface area contributed by atoms with E-state index in [1.54, 1.807) is 13.2 Å². The largest absolute Gasteiger partial charge is 0.366 e. The number of carbonyl (C=O) groups is 1. The number of anilines is 2. The van der Waals surface area contributed by atoms with Crippen LogP contribution in [0.4, 0.5) is 16.3 Å². The first-order valence-electron chi connectivity index (χ1n) is 13.6. The van der Waals surface area contributed by atoms with Crippen LogP contribution in [0.25, 0.3) is 22.4 Å². The van der Waals surface area contributed by atoms with E-state index in [9.17, 15) is 9.90 Å². The number of carbonyl (C=O) groups excluding carboxylic acids is 1. The maximum Gasteiger partial charge on any atom is 0.318 e. The highest BCUT2D eigenvalue weighted by molar-refractivity contribution is 5.90. The third-order valence-electron chi connectivity index (χ3n) is 7.44. The number of pyridine rings is 1. The van der Waals surface area contributed by atoms with E-state index in [4.69, 9.17) is 19.8 Å². The lowest BCUT2D eigenvalue weighted by molar-refractivity contribution is -0.104. The Morgan fingerprint density at radius 1 is 1.10 bits per heavy atom. The number of benzene rings is 1. The van der Waals surface area contributed by atoms with Crippen LogP contribution in [0, 0.1) is 0 Å². The van der Waals surface area contributed by atoms with E-state index < -0.39 is 6.29 Å². The zero-order valence-corrected chi connectivity index (χ0v) is 22.4. The van der Waals surface area contributed by atoms with Gasteiger partial charge in [-0.2, -0.15) is 5.10 Å². The van der Waals surface area contributed by atoms with Gasteiger partial charge < -0.3 is 25.4 Å². The van der Waals surface area contributed by atoms with Gasteiger partial charge in [0, 0.05) is 56.9 Å². The van der Waals surface area contributed by atoms with Gasteiger partial charge in [0.1, 0.15) is 5.82 Å². The van der Waals surface area contributed by atoms with Crippen molar-refractivity contribution >= 4 is 28.6 Å². The quantitative estimate of drug-likeness (QED) is 0.336. The van der Waals surface area contributed by atoms with Crippen LogP contribution in [0.15, 0.2) is 55.0 Å². The zero-order chi connectivity index (χ0) is 27.5. The van der Waals surface area contributed by atoms with E-state index in [0.717, 1.165) is 54.9 Å². The number of morpholine rings is 1. The predicted octanol–water partition coefficient (Wildman–Crippen LogP) is 2.63. The van der Waals surface area contributed by atoms with Crippen molar-refractivity contribution in [1.82, 2.24) is 34.9 Å².